The number of carbonyl (C=O) groups is 1. The molecule has 1 fully saturated rings. The second kappa shape index (κ2) is 6.15. The van der Waals surface area contributed by atoms with E-state index in [4.69, 9.17) is 22.7 Å². The molecule has 1 amide bonds. The third-order valence-electron chi connectivity index (χ3n) is 3.61. The molecular formula is C13H19N3O2S2. The number of ether oxygens (including phenoxy) is 1. The molecule has 3 N–H and O–H groups in total. The van der Waals surface area contributed by atoms with Crippen molar-refractivity contribution in [1.29, 1.82) is 0 Å². The average molecular weight is 313 g/mol. The Morgan fingerprint density at radius 3 is 2.75 bits per heavy atom. The van der Waals surface area contributed by atoms with Gasteiger partial charge in [-0.2, -0.15) is 0 Å². The SMILES string of the molecule is Cc1cnc(C(C)NC(=O)C2(C(N)=S)CCOCC2)s1. The van der Waals surface area contributed by atoms with Crippen LogP contribution in [0.25, 0.3) is 0 Å². The van der Waals surface area contributed by atoms with Crippen LogP contribution >= 0.6 is 23.6 Å². The van der Waals surface area contributed by atoms with Crippen molar-refractivity contribution >= 4 is 34.5 Å². The van der Waals surface area contributed by atoms with E-state index in [1.807, 2.05) is 13.8 Å². The van der Waals surface area contributed by atoms with Crippen LogP contribution in [0.3, 0.4) is 0 Å². The summed E-state index contributed by atoms with van der Waals surface area (Å²) in [7, 11) is 0. The Kier molecular flexibility index (Phi) is 4.72. The zero-order chi connectivity index (χ0) is 14.8. The summed E-state index contributed by atoms with van der Waals surface area (Å²) in [6.45, 7) is 4.93. The standard InChI is InChI=1S/C13H19N3O2S2/c1-8-7-15-10(20-8)9(2)16-12(17)13(11(14)19)3-5-18-6-4-13/h7,9H,3-6H2,1-2H3,(H2,14,19)(H,16,17). The van der Waals surface area contributed by atoms with Crippen molar-refractivity contribution in [2.45, 2.75) is 32.7 Å². The van der Waals surface area contributed by atoms with Gasteiger partial charge < -0.3 is 15.8 Å². The molecule has 1 aromatic heterocycles. The Morgan fingerprint density at radius 2 is 2.25 bits per heavy atom. The van der Waals surface area contributed by atoms with Crippen LogP contribution in [0, 0.1) is 12.3 Å². The maximum absolute atomic E-state index is 12.6. The molecule has 0 aliphatic carbocycles. The van der Waals surface area contributed by atoms with Crippen LogP contribution in [-0.4, -0.2) is 29.1 Å². The number of hydrogen-bond donors (Lipinski definition) is 2. The first-order chi connectivity index (χ1) is 9.45. The number of aryl methyl sites for hydroxylation is 1. The van der Waals surface area contributed by atoms with Gasteiger partial charge in [0.05, 0.1) is 11.0 Å². The summed E-state index contributed by atoms with van der Waals surface area (Å²) in [5.74, 6) is -0.117. The van der Waals surface area contributed by atoms with Gasteiger partial charge in [0, 0.05) is 24.3 Å². The number of nitrogens with zero attached hydrogens (tertiary/aromatic N) is 1. The van der Waals surface area contributed by atoms with Crippen LogP contribution in [0.2, 0.25) is 0 Å². The second-order valence-electron chi connectivity index (χ2n) is 5.06. The summed E-state index contributed by atoms with van der Waals surface area (Å²) in [4.78, 5) is 18.3. The van der Waals surface area contributed by atoms with Gasteiger partial charge in [0.1, 0.15) is 10.4 Å². The van der Waals surface area contributed by atoms with Gasteiger partial charge in [-0.1, -0.05) is 12.2 Å². The van der Waals surface area contributed by atoms with Gasteiger partial charge in [-0.25, -0.2) is 4.98 Å². The van der Waals surface area contributed by atoms with Gasteiger partial charge >= 0.3 is 0 Å². The van der Waals surface area contributed by atoms with E-state index < -0.39 is 5.41 Å². The molecule has 0 bridgehead atoms. The number of amides is 1. The molecule has 2 rings (SSSR count). The van der Waals surface area contributed by atoms with Gasteiger partial charge in [-0.15, -0.1) is 11.3 Å². The predicted molar refractivity (Wildman–Crippen MR) is 82.7 cm³/mol. The lowest BCUT2D eigenvalue weighted by atomic mass is 9.79. The number of hydrogen-bond acceptors (Lipinski definition) is 5. The Bertz CT molecular complexity index is 509. The van der Waals surface area contributed by atoms with Gasteiger partial charge in [0.2, 0.25) is 5.91 Å². The van der Waals surface area contributed by atoms with Crippen molar-refractivity contribution in [2.75, 3.05) is 13.2 Å². The minimum atomic E-state index is -0.784. The third kappa shape index (κ3) is 2.99. The molecule has 110 valence electrons. The highest BCUT2D eigenvalue weighted by Crippen LogP contribution is 2.32. The summed E-state index contributed by atoms with van der Waals surface area (Å²) in [6, 6.07) is -0.143. The second-order valence-corrected chi connectivity index (χ2v) is 6.77. The van der Waals surface area contributed by atoms with Crippen molar-refractivity contribution < 1.29 is 9.53 Å². The summed E-state index contributed by atoms with van der Waals surface area (Å²) in [6.07, 6.45) is 2.88. The lowest BCUT2D eigenvalue weighted by Gasteiger charge is -2.35. The van der Waals surface area contributed by atoms with E-state index in [0.717, 1.165) is 9.88 Å². The fourth-order valence-electron chi connectivity index (χ4n) is 2.27. The molecule has 7 heteroatoms. The largest absolute Gasteiger partial charge is 0.392 e. The molecular weight excluding hydrogens is 294 g/mol. The Labute approximate surface area is 127 Å². The maximum Gasteiger partial charge on any atom is 0.233 e. The Hall–Kier alpha value is -1.05. The van der Waals surface area contributed by atoms with E-state index in [-0.39, 0.29) is 16.9 Å². The van der Waals surface area contributed by atoms with E-state index in [0.29, 0.717) is 26.1 Å². The van der Waals surface area contributed by atoms with Crippen molar-refractivity contribution in [1.82, 2.24) is 10.3 Å². The first-order valence-corrected chi connectivity index (χ1v) is 7.79. The quantitative estimate of drug-likeness (QED) is 0.828. The van der Waals surface area contributed by atoms with Crippen LogP contribution in [0.1, 0.15) is 35.7 Å². The van der Waals surface area contributed by atoms with Crippen LogP contribution < -0.4 is 11.1 Å². The van der Waals surface area contributed by atoms with E-state index in [1.165, 1.54) is 0 Å². The summed E-state index contributed by atoms with van der Waals surface area (Å²) < 4.78 is 5.31. The Balaban J connectivity index is 2.11. The highest BCUT2D eigenvalue weighted by atomic mass is 32.1. The maximum atomic E-state index is 12.6. The van der Waals surface area contributed by atoms with E-state index >= 15 is 0 Å². The van der Waals surface area contributed by atoms with Gasteiger partial charge in [0.25, 0.3) is 0 Å². The predicted octanol–water partition coefficient (Wildman–Crippen LogP) is 1.71. The van der Waals surface area contributed by atoms with Gasteiger partial charge in [-0.3, -0.25) is 4.79 Å². The molecule has 1 aliphatic heterocycles. The minimum Gasteiger partial charge on any atom is -0.392 e. The number of nitrogens with one attached hydrogen (secondary N) is 1. The summed E-state index contributed by atoms with van der Waals surface area (Å²) in [5.41, 5.74) is 5.04. The van der Waals surface area contributed by atoms with E-state index in [9.17, 15) is 4.79 Å². The van der Waals surface area contributed by atoms with E-state index in [2.05, 4.69) is 10.3 Å². The molecule has 1 aliphatic rings. The highest BCUT2D eigenvalue weighted by Gasteiger charge is 2.43. The molecule has 0 radical (unpaired) electrons. The van der Waals surface area contributed by atoms with Crippen LogP contribution in [-0.2, 0) is 9.53 Å². The van der Waals surface area contributed by atoms with Crippen LogP contribution in [0.5, 0.6) is 0 Å². The number of carbonyl (C=O) groups excluding carboxylic acids is 1. The van der Waals surface area contributed by atoms with Crippen molar-refractivity contribution in [3.8, 4) is 0 Å². The number of aromatic nitrogens is 1. The number of rotatable bonds is 4. The zero-order valence-corrected chi connectivity index (χ0v) is 13.3. The molecule has 20 heavy (non-hydrogen) atoms. The average Bonchev–Trinajstić information content (AvgIpc) is 2.86. The highest BCUT2D eigenvalue weighted by molar-refractivity contribution is 7.80. The van der Waals surface area contributed by atoms with Gasteiger partial charge in [0.15, 0.2) is 0 Å². The van der Waals surface area contributed by atoms with Gasteiger partial charge in [-0.05, 0) is 26.7 Å². The molecule has 2 heterocycles. The lowest BCUT2D eigenvalue weighted by Crippen LogP contribution is -2.52. The molecule has 1 aromatic rings. The Morgan fingerprint density at radius 1 is 1.60 bits per heavy atom. The first kappa shape index (κ1) is 15.3. The summed E-state index contributed by atoms with van der Waals surface area (Å²) >= 11 is 6.70. The van der Waals surface area contributed by atoms with Crippen LogP contribution in [0.15, 0.2) is 6.20 Å². The normalized spacial score (nSPS) is 19.3. The van der Waals surface area contributed by atoms with Crippen LogP contribution in [0.4, 0.5) is 0 Å². The third-order valence-corrected chi connectivity index (χ3v) is 5.10. The number of thiazole rings is 1. The smallest absolute Gasteiger partial charge is 0.233 e. The zero-order valence-electron chi connectivity index (χ0n) is 11.6. The number of nitrogens with two attached hydrogens (primary N) is 1. The molecule has 1 unspecified atom stereocenters. The molecule has 0 aromatic carbocycles. The first-order valence-electron chi connectivity index (χ1n) is 6.56. The minimum absolute atomic E-state index is 0.117. The molecule has 0 saturated carbocycles. The van der Waals surface area contributed by atoms with Crippen molar-refractivity contribution in [3.63, 3.8) is 0 Å². The molecule has 1 saturated heterocycles. The monoisotopic (exact) mass is 313 g/mol. The molecule has 1 atom stereocenters. The fourth-order valence-corrected chi connectivity index (χ4v) is 3.35. The summed E-state index contributed by atoms with van der Waals surface area (Å²) in [5, 5.41) is 3.88. The topological polar surface area (TPSA) is 77.2 Å². The number of thiocarbonyl (C=S) groups is 1. The molecule has 0 spiro atoms. The van der Waals surface area contributed by atoms with Crippen molar-refractivity contribution in [3.05, 3.63) is 16.1 Å². The fraction of sp³-hybridized carbons (Fsp3) is 0.615. The van der Waals surface area contributed by atoms with E-state index in [1.54, 1.807) is 17.5 Å². The lowest BCUT2D eigenvalue weighted by molar-refractivity contribution is -0.132. The van der Waals surface area contributed by atoms with Crippen molar-refractivity contribution in [2.24, 2.45) is 11.1 Å². The molecule has 5 nitrogen and oxygen atoms in total.